The van der Waals surface area contributed by atoms with E-state index in [9.17, 15) is 4.79 Å². The molecule has 2 N–H and O–H groups in total. The number of aromatic nitrogens is 3. The molecule has 0 saturated carbocycles. The van der Waals surface area contributed by atoms with Gasteiger partial charge < -0.3 is 15.0 Å². The number of pyridine rings is 1. The highest BCUT2D eigenvalue weighted by atomic mass is 35.5. The van der Waals surface area contributed by atoms with Gasteiger partial charge in [0, 0.05) is 34.1 Å². The van der Waals surface area contributed by atoms with E-state index >= 15 is 0 Å². The first-order chi connectivity index (χ1) is 13.6. The summed E-state index contributed by atoms with van der Waals surface area (Å²) in [5.74, 6) is 2.11. The molecule has 144 valence electrons. The van der Waals surface area contributed by atoms with Crippen molar-refractivity contribution in [2.45, 2.75) is 32.2 Å². The number of hydrogen-bond acceptors (Lipinski definition) is 5. The van der Waals surface area contributed by atoms with E-state index in [-0.39, 0.29) is 11.6 Å². The average molecular weight is 397 g/mol. The van der Waals surface area contributed by atoms with Crippen molar-refractivity contribution >= 4 is 17.4 Å². The number of ether oxygens (including phenoxy) is 1. The summed E-state index contributed by atoms with van der Waals surface area (Å²) >= 11 is 6.10. The Labute approximate surface area is 168 Å². The van der Waals surface area contributed by atoms with Gasteiger partial charge >= 0.3 is 0 Å². The molecule has 4 rings (SSSR count). The normalized spacial score (nSPS) is 16.0. The van der Waals surface area contributed by atoms with Gasteiger partial charge in [0.15, 0.2) is 0 Å². The van der Waals surface area contributed by atoms with Crippen LogP contribution in [0.2, 0.25) is 5.02 Å². The summed E-state index contributed by atoms with van der Waals surface area (Å²) in [6.07, 6.45) is 4.30. The van der Waals surface area contributed by atoms with Crippen LogP contribution in [0.1, 0.15) is 37.1 Å². The zero-order valence-corrected chi connectivity index (χ0v) is 16.3. The van der Waals surface area contributed by atoms with Crippen LogP contribution in [0, 0.1) is 0 Å². The van der Waals surface area contributed by atoms with Gasteiger partial charge in [0.2, 0.25) is 0 Å². The molecule has 1 aliphatic rings. The predicted molar refractivity (Wildman–Crippen MR) is 110 cm³/mol. The number of aryl methyl sites for hydroxylation is 1. The molecule has 0 bridgehead atoms. The van der Waals surface area contributed by atoms with Gasteiger partial charge in [0.05, 0.1) is 12.6 Å². The number of halogens is 1. The van der Waals surface area contributed by atoms with Gasteiger partial charge in [-0.3, -0.25) is 4.79 Å². The van der Waals surface area contributed by atoms with E-state index in [1.807, 2.05) is 37.3 Å². The fourth-order valence-corrected chi connectivity index (χ4v) is 3.48. The van der Waals surface area contributed by atoms with Gasteiger partial charge in [0.25, 0.3) is 5.56 Å². The largest absolute Gasteiger partial charge is 0.493 e. The lowest BCUT2D eigenvalue weighted by Crippen LogP contribution is -2.12. The Morgan fingerprint density at radius 3 is 2.96 bits per heavy atom. The number of nitrogens with zero attached hydrogens (tertiary/aromatic N) is 2. The van der Waals surface area contributed by atoms with Crippen molar-refractivity contribution in [1.29, 1.82) is 0 Å². The quantitative estimate of drug-likeness (QED) is 0.684. The van der Waals surface area contributed by atoms with Crippen LogP contribution in [-0.2, 0) is 6.42 Å². The van der Waals surface area contributed by atoms with Crippen molar-refractivity contribution in [2.24, 2.45) is 0 Å². The Kier molecular flexibility index (Phi) is 5.30. The van der Waals surface area contributed by atoms with E-state index in [1.54, 1.807) is 6.20 Å². The molecule has 0 fully saturated rings. The summed E-state index contributed by atoms with van der Waals surface area (Å²) in [7, 11) is 0. The van der Waals surface area contributed by atoms with Gasteiger partial charge in [-0.05, 0) is 43.5 Å². The fourth-order valence-electron chi connectivity index (χ4n) is 3.32. The zero-order valence-electron chi connectivity index (χ0n) is 15.5. The highest BCUT2D eigenvalue weighted by molar-refractivity contribution is 6.30. The Morgan fingerprint density at radius 2 is 2.18 bits per heavy atom. The lowest BCUT2D eigenvalue weighted by molar-refractivity contribution is 0.316. The fraction of sp³-hybridized carbons (Fsp3) is 0.286. The Bertz CT molecular complexity index is 1030. The molecule has 0 aliphatic carbocycles. The second-order valence-corrected chi connectivity index (χ2v) is 7.18. The summed E-state index contributed by atoms with van der Waals surface area (Å²) in [6, 6.07) is 11.1. The second kappa shape index (κ2) is 8.02. The van der Waals surface area contributed by atoms with Crippen molar-refractivity contribution in [2.75, 3.05) is 11.9 Å². The van der Waals surface area contributed by atoms with Crippen LogP contribution < -0.4 is 15.6 Å². The molecule has 3 heterocycles. The van der Waals surface area contributed by atoms with Gasteiger partial charge in [-0.15, -0.1) is 0 Å². The number of nitrogens with one attached hydrogen (secondary N) is 2. The maximum Gasteiger partial charge on any atom is 0.251 e. The summed E-state index contributed by atoms with van der Waals surface area (Å²) < 4.78 is 5.82. The minimum Gasteiger partial charge on any atom is -0.493 e. The molecule has 7 heteroatoms. The summed E-state index contributed by atoms with van der Waals surface area (Å²) in [6.45, 7) is 2.64. The number of H-pyrrole nitrogens is 1. The van der Waals surface area contributed by atoms with Crippen LogP contribution in [0.25, 0.3) is 11.4 Å². The minimum atomic E-state index is -0.155. The van der Waals surface area contributed by atoms with Crippen molar-refractivity contribution in [3.05, 3.63) is 69.2 Å². The number of rotatable bonds is 4. The van der Waals surface area contributed by atoms with Crippen LogP contribution in [-0.4, -0.2) is 21.6 Å². The number of benzene rings is 1. The second-order valence-electron chi connectivity index (χ2n) is 6.74. The molecule has 3 aromatic rings. The number of hydrogen-bond donors (Lipinski definition) is 2. The Morgan fingerprint density at radius 1 is 1.29 bits per heavy atom. The van der Waals surface area contributed by atoms with Crippen molar-refractivity contribution in [3.8, 4) is 17.1 Å². The maximum atomic E-state index is 11.8. The molecule has 1 aromatic carbocycles. The molecule has 0 radical (unpaired) electrons. The van der Waals surface area contributed by atoms with E-state index in [0.29, 0.717) is 23.9 Å². The molecule has 28 heavy (non-hydrogen) atoms. The van der Waals surface area contributed by atoms with Crippen molar-refractivity contribution in [3.63, 3.8) is 0 Å². The standard InChI is InChI=1S/C21H21ClN4O2/c1-2-15-11-20(27)26-21(24-15)13-5-8-19(23-12-13)25-17-4-3-9-28-18-10-14(22)6-7-16(17)18/h5-8,10-12,17H,2-4,9H2,1H3,(H,23,25)(H,24,26,27). The lowest BCUT2D eigenvalue weighted by atomic mass is 10.0. The third-order valence-electron chi connectivity index (χ3n) is 4.76. The lowest BCUT2D eigenvalue weighted by Gasteiger charge is -2.19. The van der Waals surface area contributed by atoms with Crippen molar-refractivity contribution < 1.29 is 4.74 Å². The molecule has 6 nitrogen and oxygen atoms in total. The SMILES string of the molecule is CCc1cc(=O)[nH]c(-c2ccc(NC3CCCOc4cc(Cl)ccc43)nc2)n1. The van der Waals surface area contributed by atoms with Gasteiger partial charge in [-0.2, -0.15) is 0 Å². The van der Waals surface area contributed by atoms with Gasteiger partial charge in [0.1, 0.15) is 17.4 Å². The number of anilines is 1. The van der Waals surface area contributed by atoms with Crippen LogP contribution >= 0.6 is 11.6 Å². The molecule has 2 aromatic heterocycles. The molecular formula is C21H21ClN4O2. The van der Waals surface area contributed by atoms with E-state index in [0.717, 1.165) is 41.2 Å². The highest BCUT2D eigenvalue weighted by Gasteiger charge is 2.20. The average Bonchev–Trinajstić information content (AvgIpc) is 2.89. The van der Waals surface area contributed by atoms with Gasteiger partial charge in [-0.25, -0.2) is 9.97 Å². The van der Waals surface area contributed by atoms with Crippen LogP contribution in [0.3, 0.4) is 0 Å². The monoisotopic (exact) mass is 396 g/mol. The molecular weight excluding hydrogens is 376 g/mol. The molecule has 1 aliphatic heterocycles. The smallest absolute Gasteiger partial charge is 0.251 e. The first-order valence-corrected chi connectivity index (χ1v) is 9.75. The number of aromatic amines is 1. The molecule has 0 saturated heterocycles. The Hall–Kier alpha value is -2.86. The minimum absolute atomic E-state index is 0.0921. The molecule has 1 atom stereocenters. The number of fused-ring (bicyclic) bond motifs is 1. The molecule has 1 unspecified atom stereocenters. The first kappa shape index (κ1) is 18.5. The van der Waals surface area contributed by atoms with E-state index < -0.39 is 0 Å². The van der Waals surface area contributed by atoms with Crippen molar-refractivity contribution in [1.82, 2.24) is 15.0 Å². The summed E-state index contributed by atoms with van der Waals surface area (Å²) in [5.41, 5.74) is 2.45. The third-order valence-corrected chi connectivity index (χ3v) is 5.00. The Balaban J connectivity index is 1.57. The summed E-state index contributed by atoms with van der Waals surface area (Å²) in [4.78, 5) is 23.6. The van der Waals surface area contributed by atoms with E-state index in [1.165, 1.54) is 6.07 Å². The zero-order chi connectivity index (χ0) is 19.5. The summed E-state index contributed by atoms with van der Waals surface area (Å²) in [5, 5.41) is 4.15. The van der Waals surface area contributed by atoms with Crippen LogP contribution in [0.15, 0.2) is 47.4 Å². The highest BCUT2D eigenvalue weighted by Crippen LogP contribution is 2.35. The topological polar surface area (TPSA) is 79.9 Å². The van der Waals surface area contributed by atoms with Crippen LogP contribution in [0.4, 0.5) is 5.82 Å². The third kappa shape index (κ3) is 4.02. The molecule has 0 spiro atoms. The van der Waals surface area contributed by atoms with E-state index in [2.05, 4.69) is 20.3 Å². The first-order valence-electron chi connectivity index (χ1n) is 9.38. The van der Waals surface area contributed by atoms with E-state index in [4.69, 9.17) is 16.3 Å². The van der Waals surface area contributed by atoms with Gasteiger partial charge in [-0.1, -0.05) is 24.6 Å². The van der Waals surface area contributed by atoms with Crippen LogP contribution in [0.5, 0.6) is 5.75 Å². The predicted octanol–water partition coefficient (Wildman–Crippen LogP) is 4.37. The molecule has 0 amide bonds. The maximum absolute atomic E-state index is 11.8.